The van der Waals surface area contributed by atoms with Gasteiger partial charge < -0.3 is 10.6 Å². The van der Waals surface area contributed by atoms with Gasteiger partial charge in [0.05, 0.1) is 10.6 Å². The molecule has 5 nitrogen and oxygen atoms in total. The van der Waals surface area contributed by atoms with E-state index < -0.39 is 21.6 Å². The number of nitrogens with one attached hydrogen (secondary N) is 2. The van der Waals surface area contributed by atoms with Crippen LogP contribution in [0.3, 0.4) is 0 Å². The molecular weight excluding hydrogens is 343 g/mol. The zero-order valence-electron chi connectivity index (χ0n) is 13.5. The van der Waals surface area contributed by atoms with E-state index in [4.69, 9.17) is 0 Å². The van der Waals surface area contributed by atoms with Crippen LogP contribution in [-0.4, -0.2) is 39.2 Å². The zero-order chi connectivity index (χ0) is 16.8. The van der Waals surface area contributed by atoms with E-state index in [0.717, 1.165) is 18.7 Å². The van der Waals surface area contributed by atoms with Crippen molar-refractivity contribution in [3.63, 3.8) is 0 Å². The normalized spacial score (nSPS) is 13.7. The van der Waals surface area contributed by atoms with Crippen LogP contribution >= 0.6 is 12.4 Å². The topological polar surface area (TPSA) is 75.3 Å². The van der Waals surface area contributed by atoms with Gasteiger partial charge in [0, 0.05) is 18.5 Å². The molecule has 1 unspecified atom stereocenters. The Hall–Kier alpha value is -1.18. The Labute approximate surface area is 143 Å². The third-order valence-electron chi connectivity index (χ3n) is 3.22. The Bertz CT molecular complexity index is 593. The van der Waals surface area contributed by atoms with Crippen LogP contribution in [0.5, 0.6) is 0 Å². The summed E-state index contributed by atoms with van der Waals surface area (Å²) in [5.41, 5.74) is 0. The average Bonchev–Trinajstić information content (AvgIpc) is 2.45. The van der Waals surface area contributed by atoms with Crippen molar-refractivity contribution in [1.82, 2.24) is 10.6 Å². The molecule has 0 aliphatic rings. The lowest BCUT2D eigenvalue weighted by molar-refractivity contribution is -0.123. The Morgan fingerprint density at radius 2 is 1.78 bits per heavy atom. The van der Waals surface area contributed by atoms with Crippen molar-refractivity contribution in [2.24, 2.45) is 5.92 Å². The molecule has 23 heavy (non-hydrogen) atoms. The summed E-state index contributed by atoms with van der Waals surface area (Å²) in [6.45, 7) is 6.70. The monoisotopic (exact) mass is 366 g/mol. The molecule has 0 aliphatic heterocycles. The van der Waals surface area contributed by atoms with Crippen LogP contribution in [0.2, 0.25) is 0 Å². The van der Waals surface area contributed by atoms with Gasteiger partial charge in [-0.2, -0.15) is 0 Å². The van der Waals surface area contributed by atoms with E-state index in [2.05, 4.69) is 10.6 Å². The van der Waals surface area contributed by atoms with Crippen molar-refractivity contribution >= 4 is 28.2 Å². The van der Waals surface area contributed by atoms with Gasteiger partial charge in [-0.05, 0) is 37.7 Å². The third kappa shape index (κ3) is 7.28. The molecule has 1 aromatic rings. The quantitative estimate of drug-likeness (QED) is 0.687. The molecule has 1 aromatic carbocycles. The van der Waals surface area contributed by atoms with E-state index in [1.54, 1.807) is 6.92 Å². The molecule has 0 aromatic heterocycles. The molecule has 0 aliphatic carbocycles. The Kier molecular flexibility index (Phi) is 9.34. The summed E-state index contributed by atoms with van der Waals surface area (Å²) in [7, 11) is -3.61. The van der Waals surface area contributed by atoms with Gasteiger partial charge in [-0.1, -0.05) is 13.8 Å². The smallest absolute Gasteiger partial charge is 0.223 e. The molecule has 1 rings (SSSR count). The number of halogens is 2. The lowest BCUT2D eigenvalue weighted by Crippen LogP contribution is -2.41. The fraction of sp³-hybridized carbons (Fsp3) is 0.533. The van der Waals surface area contributed by atoms with Crippen molar-refractivity contribution in [3.05, 3.63) is 30.1 Å². The summed E-state index contributed by atoms with van der Waals surface area (Å²) < 4.78 is 37.2. The minimum atomic E-state index is -3.61. The molecule has 2 atom stereocenters. The van der Waals surface area contributed by atoms with E-state index >= 15 is 0 Å². The van der Waals surface area contributed by atoms with E-state index in [1.807, 2.05) is 13.8 Å². The largest absolute Gasteiger partial charge is 0.354 e. The van der Waals surface area contributed by atoms with E-state index in [-0.39, 0.29) is 35.0 Å². The van der Waals surface area contributed by atoms with Crippen LogP contribution in [0.4, 0.5) is 4.39 Å². The maximum absolute atomic E-state index is 12.8. The van der Waals surface area contributed by atoms with Gasteiger partial charge in [-0.15, -0.1) is 12.4 Å². The first kappa shape index (κ1) is 21.8. The van der Waals surface area contributed by atoms with Gasteiger partial charge in [0.15, 0.2) is 9.84 Å². The number of hydrogen-bond donors (Lipinski definition) is 2. The first-order valence-corrected chi connectivity index (χ1v) is 8.91. The van der Waals surface area contributed by atoms with Crippen molar-refractivity contribution in [1.29, 1.82) is 0 Å². The molecule has 0 radical (unpaired) electrons. The molecule has 1 amide bonds. The fourth-order valence-electron chi connectivity index (χ4n) is 1.99. The summed E-state index contributed by atoms with van der Waals surface area (Å²) in [4.78, 5) is 12.0. The first-order valence-electron chi connectivity index (χ1n) is 7.25. The second-order valence-electron chi connectivity index (χ2n) is 5.34. The summed E-state index contributed by atoms with van der Waals surface area (Å²) in [5, 5.41) is 5.87. The highest BCUT2D eigenvalue weighted by molar-refractivity contribution is 7.91. The minimum Gasteiger partial charge on any atom is -0.354 e. The summed E-state index contributed by atoms with van der Waals surface area (Å²) in [6, 6.07) is 4.73. The van der Waals surface area contributed by atoms with Crippen molar-refractivity contribution < 1.29 is 17.6 Å². The first-order chi connectivity index (χ1) is 10.3. The number of rotatable bonds is 8. The highest BCUT2D eigenvalue weighted by atomic mass is 35.5. The fourth-order valence-corrected chi connectivity index (χ4v) is 3.54. The van der Waals surface area contributed by atoms with Crippen LogP contribution in [0.1, 0.15) is 20.8 Å². The predicted molar refractivity (Wildman–Crippen MR) is 91.0 cm³/mol. The van der Waals surface area contributed by atoms with Crippen molar-refractivity contribution in [2.75, 3.05) is 18.8 Å². The van der Waals surface area contributed by atoms with Crippen molar-refractivity contribution in [3.8, 4) is 0 Å². The molecule has 0 bridgehead atoms. The Morgan fingerprint density at radius 3 is 2.30 bits per heavy atom. The van der Waals surface area contributed by atoms with Crippen LogP contribution in [0.25, 0.3) is 0 Å². The molecule has 0 fully saturated rings. The molecule has 0 saturated heterocycles. The predicted octanol–water partition coefficient (Wildman–Crippen LogP) is 1.77. The number of hydrogen-bond acceptors (Lipinski definition) is 4. The van der Waals surface area contributed by atoms with Gasteiger partial charge in [0.25, 0.3) is 0 Å². The van der Waals surface area contributed by atoms with Crippen LogP contribution in [0, 0.1) is 11.7 Å². The summed E-state index contributed by atoms with van der Waals surface area (Å²) in [5.74, 6) is -1.79. The molecule has 0 saturated carbocycles. The SMILES string of the molecule is CCN[C@H](C)CNC(=O)C(C)CS(=O)(=O)c1ccc(F)cc1.Cl. The molecule has 132 valence electrons. The van der Waals surface area contributed by atoms with E-state index in [9.17, 15) is 17.6 Å². The summed E-state index contributed by atoms with van der Waals surface area (Å²) >= 11 is 0. The molecular formula is C15H24ClFN2O3S. The molecule has 0 heterocycles. The van der Waals surface area contributed by atoms with E-state index in [1.165, 1.54) is 12.1 Å². The maximum atomic E-state index is 12.8. The van der Waals surface area contributed by atoms with Crippen LogP contribution < -0.4 is 10.6 Å². The minimum absolute atomic E-state index is 0. The van der Waals surface area contributed by atoms with E-state index in [0.29, 0.717) is 6.54 Å². The third-order valence-corrected chi connectivity index (χ3v) is 5.15. The standard InChI is InChI=1S/C15H23FN2O3S.ClH/c1-4-17-12(3)9-18-15(19)11(2)10-22(20,21)14-7-5-13(16)6-8-14;/h5-8,11-12,17H,4,9-10H2,1-3H3,(H,18,19);1H/t11?,12-;/m1./s1. The highest BCUT2D eigenvalue weighted by Crippen LogP contribution is 2.15. The van der Waals surface area contributed by atoms with Crippen LogP contribution in [0.15, 0.2) is 29.2 Å². The van der Waals surface area contributed by atoms with Crippen molar-refractivity contribution in [2.45, 2.75) is 31.7 Å². The number of carbonyl (C=O) groups is 1. The Morgan fingerprint density at radius 1 is 1.22 bits per heavy atom. The number of sulfone groups is 1. The zero-order valence-corrected chi connectivity index (χ0v) is 15.1. The molecule has 0 spiro atoms. The second-order valence-corrected chi connectivity index (χ2v) is 7.37. The second kappa shape index (κ2) is 9.85. The van der Waals surface area contributed by atoms with Gasteiger partial charge >= 0.3 is 0 Å². The van der Waals surface area contributed by atoms with Crippen LogP contribution in [-0.2, 0) is 14.6 Å². The molecule has 2 N–H and O–H groups in total. The molecule has 8 heteroatoms. The number of carbonyl (C=O) groups excluding carboxylic acids is 1. The maximum Gasteiger partial charge on any atom is 0.223 e. The number of benzene rings is 1. The van der Waals surface area contributed by atoms with Gasteiger partial charge in [-0.3, -0.25) is 4.79 Å². The average molecular weight is 367 g/mol. The van der Waals surface area contributed by atoms with Gasteiger partial charge in [0.2, 0.25) is 5.91 Å². The summed E-state index contributed by atoms with van der Waals surface area (Å²) in [6.07, 6.45) is 0. The number of amides is 1. The lowest BCUT2D eigenvalue weighted by atomic mass is 10.2. The Balaban J connectivity index is 0.00000484. The van der Waals surface area contributed by atoms with Gasteiger partial charge in [0.1, 0.15) is 5.82 Å². The number of likely N-dealkylation sites (N-methyl/N-ethyl adjacent to an activating group) is 1. The highest BCUT2D eigenvalue weighted by Gasteiger charge is 2.23. The van der Waals surface area contributed by atoms with Gasteiger partial charge in [-0.25, -0.2) is 12.8 Å². The lowest BCUT2D eigenvalue weighted by Gasteiger charge is -2.16.